The number of nitrogens with zero attached hydrogens (tertiary/aromatic N) is 5. The molecule has 8 heteroatoms. The van der Waals surface area contributed by atoms with Crippen molar-refractivity contribution in [3.05, 3.63) is 82.9 Å². The molecule has 0 bridgehead atoms. The zero-order valence-corrected chi connectivity index (χ0v) is 17.5. The molecule has 7 nitrogen and oxygen atoms in total. The Hall–Kier alpha value is -3.52. The molecule has 31 heavy (non-hydrogen) atoms. The second kappa shape index (κ2) is 7.31. The largest absolute Gasteiger partial charge is 0.347 e. The van der Waals surface area contributed by atoms with Crippen molar-refractivity contribution >= 4 is 33.0 Å². The van der Waals surface area contributed by atoms with E-state index in [1.54, 1.807) is 22.2 Å². The Morgan fingerprint density at radius 3 is 2.97 bits per heavy atom. The van der Waals surface area contributed by atoms with Crippen molar-refractivity contribution in [2.75, 3.05) is 0 Å². The molecule has 0 aliphatic heterocycles. The van der Waals surface area contributed by atoms with Crippen LogP contribution in [0, 0.1) is 0 Å². The molecule has 0 atom stereocenters. The summed E-state index contributed by atoms with van der Waals surface area (Å²) >= 11 is 1.70. The second-order valence-electron chi connectivity index (χ2n) is 8.01. The van der Waals surface area contributed by atoms with Gasteiger partial charge in [-0.3, -0.25) is 4.79 Å². The number of fused-ring (bicyclic) bond motifs is 2. The number of nitrogens with one attached hydrogen (secondary N) is 1. The zero-order chi connectivity index (χ0) is 20.8. The van der Waals surface area contributed by atoms with Crippen molar-refractivity contribution in [1.29, 1.82) is 0 Å². The SMILES string of the molecule is O=C(NCc1ccc2ccsc2c1)c1cn(Cc2cn3cc(C4CC4)ccc3n2)nn1. The summed E-state index contributed by atoms with van der Waals surface area (Å²) in [7, 11) is 0. The topological polar surface area (TPSA) is 77.1 Å². The van der Waals surface area contributed by atoms with Crippen LogP contribution in [0.1, 0.15) is 46.1 Å². The van der Waals surface area contributed by atoms with Gasteiger partial charge in [-0.1, -0.05) is 23.4 Å². The van der Waals surface area contributed by atoms with Crippen LogP contribution in [0.2, 0.25) is 0 Å². The normalized spacial score (nSPS) is 13.8. The monoisotopic (exact) mass is 428 g/mol. The first-order valence-electron chi connectivity index (χ1n) is 10.3. The number of imidazole rings is 1. The van der Waals surface area contributed by atoms with E-state index in [1.165, 1.54) is 28.5 Å². The molecule has 0 radical (unpaired) electrons. The molecule has 1 amide bonds. The van der Waals surface area contributed by atoms with Crippen molar-refractivity contribution < 1.29 is 4.79 Å². The predicted molar refractivity (Wildman–Crippen MR) is 119 cm³/mol. The molecule has 1 aromatic carbocycles. The van der Waals surface area contributed by atoms with Gasteiger partial charge in [0.2, 0.25) is 0 Å². The maximum atomic E-state index is 12.5. The minimum absolute atomic E-state index is 0.235. The van der Waals surface area contributed by atoms with E-state index in [1.807, 2.05) is 12.3 Å². The van der Waals surface area contributed by atoms with Crippen molar-refractivity contribution in [1.82, 2.24) is 29.7 Å². The van der Waals surface area contributed by atoms with Crippen LogP contribution < -0.4 is 5.32 Å². The fraction of sp³-hybridized carbons (Fsp3) is 0.217. The number of carbonyl (C=O) groups is 1. The van der Waals surface area contributed by atoms with Gasteiger partial charge in [0.1, 0.15) is 5.65 Å². The first kappa shape index (κ1) is 18.3. The van der Waals surface area contributed by atoms with E-state index in [0.29, 0.717) is 24.7 Å². The van der Waals surface area contributed by atoms with Crippen LogP contribution in [-0.2, 0) is 13.1 Å². The zero-order valence-electron chi connectivity index (χ0n) is 16.7. The summed E-state index contributed by atoms with van der Waals surface area (Å²) in [4.78, 5) is 17.2. The maximum absolute atomic E-state index is 12.5. The molecule has 1 fully saturated rings. The summed E-state index contributed by atoms with van der Waals surface area (Å²) in [6, 6.07) is 12.5. The number of thiophene rings is 1. The summed E-state index contributed by atoms with van der Waals surface area (Å²) in [6.45, 7) is 0.922. The van der Waals surface area contributed by atoms with E-state index in [9.17, 15) is 4.79 Å². The van der Waals surface area contributed by atoms with E-state index in [0.717, 1.165) is 16.9 Å². The molecule has 1 aliphatic rings. The average Bonchev–Trinajstić information content (AvgIpc) is 3.17. The van der Waals surface area contributed by atoms with Gasteiger partial charge in [-0.25, -0.2) is 9.67 Å². The first-order chi connectivity index (χ1) is 15.2. The Labute approximate surface area is 182 Å². The molecule has 1 saturated carbocycles. The third-order valence-electron chi connectivity index (χ3n) is 5.64. The van der Waals surface area contributed by atoms with Gasteiger partial charge in [-0.2, -0.15) is 0 Å². The van der Waals surface area contributed by atoms with E-state index in [-0.39, 0.29) is 5.91 Å². The fourth-order valence-corrected chi connectivity index (χ4v) is 4.68. The Morgan fingerprint density at radius 2 is 2.06 bits per heavy atom. The highest BCUT2D eigenvalue weighted by Gasteiger charge is 2.23. The summed E-state index contributed by atoms with van der Waals surface area (Å²) in [6.07, 6.45) is 8.40. The molecular formula is C23H20N6OS. The summed E-state index contributed by atoms with van der Waals surface area (Å²) < 4.78 is 4.93. The van der Waals surface area contributed by atoms with Gasteiger partial charge >= 0.3 is 0 Å². The van der Waals surface area contributed by atoms with Gasteiger partial charge in [0.25, 0.3) is 5.91 Å². The Bertz CT molecular complexity index is 1410. The van der Waals surface area contributed by atoms with Crippen LogP contribution in [0.4, 0.5) is 0 Å². The molecule has 0 spiro atoms. The highest BCUT2D eigenvalue weighted by molar-refractivity contribution is 7.17. The van der Waals surface area contributed by atoms with Gasteiger partial charge in [-0.15, -0.1) is 16.4 Å². The van der Waals surface area contributed by atoms with Gasteiger partial charge < -0.3 is 9.72 Å². The number of hydrogen-bond donors (Lipinski definition) is 1. The molecule has 0 saturated heterocycles. The van der Waals surface area contributed by atoms with E-state index in [2.05, 4.69) is 66.9 Å². The number of pyridine rings is 1. The standard InChI is InChI=1S/C23H20N6OS/c30-23(24-10-15-1-2-17-7-8-31-21(17)9-15)20-14-29(27-26-20)13-19-12-28-11-18(16-3-4-16)5-6-22(28)25-19/h1-2,5-9,11-12,14,16H,3-4,10,13H2,(H,24,30). The lowest BCUT2D eigenvalue weighted by atomic mass is 10.2. The summed E-state index contributed by atoms with van der Waals surface area (Å²) in [5, 5.41) is 14.4. The quantitative estimate of drug-likeness (QED) is 0.444. The van der Waals surface area contributed by atoms with Crippen molar-refractivity contribution in [2.24, 2.45) is 0 Å². The van der Waals surface area contributed by atoms with Gasteiger partial charge in [0.05, 0.1) is 18.4 Å². The van der Waals surface area contributed by atoms with Crippen molar-refractivity contribution in [3.8, 4) is 0 Å². The number of rotatable bonds is 6. The average molecular weight is 429 g/mol. The highest BCUT2D eigenvalue weighted by Crippen LogP contribution is 2.39. The van der Waals surface area contributed by atoms with Crippen LogP contribution in [-0.4, -0.2) is 30.3 Å². The molecule has 4 heterocycles. The molecular weight excluding hydrogens is 408 g/mol. The molecule has 6 rings (SSSR count). The van der Waals surface area contributed by atoms with Crippen LogP contribution >= 0.6 is 11.3 Å². The van der Waals surface area contributed by atoms with Crippen molar-refractivity contribution in [2.45, 2.75) is 31.8 Å². The van der Waals surface area contributed by atoms with Gasteiger partial charge in [0.15, 0.2) is 5.69 Å². The van der Waals surface area contributed by atoms with Gasteiger partial charge in [-0.05, 0) is 58.9 Å². The van der Waals surface area contributed by atoms with E-state index >= 15 is 0 Å². The number of hydrogen-bond acceptors (Lipinski definition) is 5. The number of benzene rings is 1. The highest BCUT2D eigenvalue weighted by atomic mass is 32.1. The minimum atomic E-state index is -0.235. The Balaban J connectivity index is 1.12. The molecule has 5 aromatic rings. The van der Waals surface area contributed by atoms with E-state index in [4.69, 9.17) is 0 Å². The predicted octanol–water partition coefficient (Wildman–Crippen LogP) is 4.00. The molecule has 1 aliphatic carbocycles. The molecule has 0 unspecified atom stereocenters. The van der Waals surface area contributed by atoms with Crippen LogP contribution in [0.25, 0.3) is 15.7 Å². The smallest absolute Gasteiger partial charge is 0.273 e. The lowest BCUT2D eigenvalue weighted by molar-refractivity contribution is 0.0946. The minimum Gasteiger partial charge on any atom is -0.347 e. The molecule has 1 N–H and O–H groups in total. The maximum Gasteiger partial charge on any atom is 0.273 e. The molecule has 154 valence electrons. The number of carbonyl (C=O) groups excluding carboxylic acids is 1. The lowest BCUT2D eigenvalue weighted by Crippen LogP contribution is -2.23. The fourth-order valence-electron chi connectivity index (χ4n) is 3.82. The third-order valence-corrected chi connectivity index (χ3v) is 6.52. The Morgan fingerprint density at radius 1 is 1.13 bits per heavy atom. The summed E-state index contributed by atoms with van der Waals surface area (Å²) in [5.74, 6) is 0.473. The van der Waals surface area contributed by atoms with Crippen LogP contribution in [0.5, 0.6) is 0 Å². The van der Waals surface area contributed by atoms with Crippen molar-refractivity contribution in [3.63, 3.8) is 0 Å². The molecule has 4 aromatic heterocycles. The number of amides is 1. The van der Waals surface area contributed by atoms with Crippen LogP contribution in [0.15, 0.2) is 60.4 Å². The Kier molecular flexibility index (Phi) is 4.31. The summed E-state index contributed by atoms with van der Waals surface area (Å²) in [5.41, 5.74) is 4.53. The number of aromatic nitrogens is 5. The third kappa shape index (κ3) is 3.70. The second-order valence-corrected chi connectivity index (χ2v) is 8.96. The lowest BCUT2D eigenvalue weighted by Gasteiger charge is -2.03. The first-order valence-corrected chi connectivity index (χ1v) is 11.2. The van der Waals surface area contributed by atoms with Crippen LogP contribution in [0.3, 0.4) is 0 Å². The van der Waals surface area contributed by atoms with E-state index < -0.39 is 0 Å². The van der Waals surface area contributed by atoms with Gasteiger partial charge in [0, 0.05) is 23.6 Å².